The van der Waals surface area contributed by atoms with Crippen LogP contribution in [0.4, 0.5) is 17.5 Å². The molecule has 1 aromatic carbocycles. The van der Waals surface area contributed by atoms with Gasteiger partial charge in [-0.3, -0.25) is 4.79 Å². The van der Waals surface area contributed by atoms with Gasteiger partial charge in [-0.1, -0.05) is 6.07 Å². The normalized spacial score (nSPS) is 13.9. The molecule has 0 saturated carbocycles. The first-order chi connectivity index (χ1) is 14.1. The summed E-state index contributed by atoms with van der Waals surface area (Å²) in [5, 5.41) is 7.14. The SMILES string of the molecule is CN(C)c1nc(N2CCOCC2)ncc1NC(=O)c1cccc(-n2cccn2)c1. The largest absolute Gasteiger partial charge is 0.378 e. The molecule has 0 radical (unpaired) electrons. The number of benzene rings is 1. The molecule has 3 aromatic rings. The summed E-state index contributed by atoms with van der Waals surface area (Å²) in [6, 6.07) is 9.12. The Balaban J connectivity index is 1.57. The number of anilines is 3. The lowest BCUT2D eigenvalue weighted by molar-refractivity contribution is 0.102. The van der Waals surface area contributed by atoms with E-state index in [0.29, 0.717) is 36.2 Å². The van der Waals surface area contributed by atoms with Crippen LogP contribution in [0.1, 0.15) is 10.4 Å². The van der Waals surface area contributed by atoms with Gasteiger partial charge < -0.3 is 19.9 Å². The van der Waals surface area contributed by atoms with E-state index in [9.17, 15) is 4.79 Å². The van der Waals surface area contributed by atoms with E-state index in [0.717, 1.165) is 18.8 Å². The van der Waals surface area contributed by atoms with E-state index in [1.54, 1.807) is 29.2 Å². The molecule has 0 spiro atoms. The van der Waals surface area contributed by atoms with Crippen molar-refractivity contribution in [3.63, 3.8) is 0 Å². The van der Waals surface area contributed by atoms with E-state index in [-0.39, 0.29) is 5.91 Å². The second kappa shape index (κ2) is 8.27. The van der Waals surface area contributed by atoms with Crippen LogP contribution in [0.25, 0.3) is 5.69 Å². The topological polar surface area (TPSA) is 88.4 Å². The zero-order valence-electron chi connectivity index (χ0n) is 16.4. The molecule has 9 heteroatoms. The second-order valence-electron chi connectivity index (χ2n) is 6.86. The lowest BCUT2D eigenvalue weighted by Crippen LogP contribution is -2.37. The molecule has 1 saturated heterocycles. The molecule has 3 heterocycles. The molecule has 150 valence electrons. The lowest BCUT2D eigenvalue weighted by Gasteiger charge is -2.28. The molecular weight excluding hydrogens is 370 g/mol. The van der Waals surface area contributed by atoms with E-state index in [2.05, 4.69) is 25.3 Å². The van der Waals surface area contributed by atoms with Crippen LogP contribution in [-0.2, 0) is 4.74 Å². The van der Waals surface area contributed by atoms with Crippen molar-refractivity contribution in [3.05, 3.63) is 54.5 Å². The maximum atomic E-state index is 12.9. The minimum Gasteiger partial charge on any atom is -0.378 e. The summed E-state index contributed by atoms with van der Waals surface area (Å²) in [6.45, 7) is 2.81. The molecule has 9 nitrogen and oxygen atoms in total. The predicted molar refractivity (Wildman–Crippen MR) is 111 cm³/mol. The summed E-state index contributed by atoms with van der Waals surface area (Å²) in [5.41, 5.74) is 1.90. The fourth-order valence-corrected chi connectivity index (χ4v) is 3.11. The van der Waals surface area contributed by atoms with Crippen molar-refractivity contribution in [2.24, 2.45) is 0 Å². The van der Waals surface area contributed by atoms with Crippen molar-refractivity contribution in [3.8, 4) is 5.69 Å². The molecule has 4 rings (SSSR count). The number of morpholine rings is 1. The predicted octanol–water partition coefficient (Wildman–Crippen LogP) is 1.82. The van der Waals surface area contributed by atoms with Crippen LogP contribution in [0.2, 0.25) is 0 Å². The Morgan fingerprint density at radius 2 is 2.03 bits per heavy atom. The molecule has 29 heavy (non-hydrogen) atoms. The summed E-state index contributed by atoms with van der Waals surface area (Å²) in [5.74, 6) is 1.05. The van der Waals surface area contributed by atoms with E-state index in [1.165, 1.54) is 0 Å². The van der Waals surface area contributed by atoms with Gasteiger partial charge in [-0.15, -0.1) is 0 Å². The van der Waals surface area contributed by atoms with Crippen LogP contribution in [0.15, 0.2) is 48.9 Å². The van der Waals surface area contributed by atoms with Crippen LogP contribution in [0.3, 0.4) is 0 Å². The lowest BCUT2D eigenvalue weighted by atomic mass is 10.2. The first-order valence-corrected chi connectivity index (χ1v) is 9.40. The summed E-state index contributed by atoms with van der Waals surface area (Å²) >= 11 is 0. The Bertz CT molecular complexity index is 982. The minimum absolute atomic E-state index is 0.232. The third-order valence-electron chi connectivity index (χ3n) is 4.60. The van der Waals surface area contributed by atoms with E-state index >= 15 is 0 Å². The maximum absolute atomic E-state index is 12.9. The molecule has 0 unspecified atom stereocenters. The first kappa shape index (κ1) is 18.9. The Hall–Kier alpha value is -3.46. The van der Waals surface area contributed by atoms with E-state index < -0.39 is 0 Å². The summed E-state index contributed by atoms with van der Waals surface area (Å²) in [4.78, 5) is 25.9. The number of nitrogens with zero attached hydrogens (tertiary/aromatic N) is 6. The number of carbonyl (C=O) groups is 1. The van der Waals surface area contributed by atoms with Gasteiger partial charge in [-0.2, -0.15) is 10.1 Å². The number of hydrogen-bond donors (Lipinski definition) is 1. The fourth-order valence-electron chi connectivity index (χ4n) is 3.11. The highest BCUT2D eigenvalue weighted by Crippen LogP contribution is 2.25. The van der Waals surface area contributed by atoms with Crippen molar-refractivity contribution in [1.29, 1.82) is 0 Å². The van der Waals surface area contributed by atoms with Crippen molar-refractivity contribution in [2.75, 3.05) is 55.5 Å². The van der Waals surface area contributed by atoms with Gasteiger partial charge in [-0.25, -0.2) is 9.67 Å². The van der Waals surface area contributed by atoms with Crippen molar-refractivity contribution >= 4 is 23.4 Å². The van der Waals surface area contributed by atoms with Crippen molar-refractivity contribution in [1.82, 2.24) is 19.7 Å². The molecule has 1 aliphatic rings. The van der Waals surface area contributed by atoms with E-state index in [1.807, 2.05) is 43.4 Å². The van der Waals surface area contributed by atoms with Gasteiger partial charge in [0.1, 0.15) is 5.69 Å². The number of carbonyl (C=O) groups excluding carboxylic acids is 1. The van der Waals surface area contributed by atoms with Gasteiger partial charge in [0.25, 0.3) is 5.91 Å². The van der Waals surface area contributed by atoms with Crippen LogP contribution in [0, 0.1) is 0 Å². The number of hydrogen-bond acceptors (Lipinski definition) is 7. The number of ether oxygens (including phenoxy) is 1. The molecule has 0 bridgehead atoms. The monoisotopic (exact) mass is 393 g/mol. The Labute approximate surface area is 168 Å². The number of aromatic nitrogens is 4. The number of nitrogens with one attached hydrogen (secondary N) is 1. The average Bonchev–Trinajstić information content (AvgIpc) is 3.29. The molecule has 1 N–H and O–H groups in total. The Morgan fingerprint density at radius 1 is 1.21 bits per heavy atom. The highest BCUT2D eigenvalue weighted by Gasteiger charge is 2.18. The van der Waals surface area contributed by atoms with Gasteiger partial charge in [0.05, 0.1) is 25.1 Å². The molecule has 1 fully saturated rings. The summed E-state index contributed by atoms with van der Waals surface area (Å²) < 4.78 is 7.10. The van der Waals surface area contributed by atoms with Crippen LogP contribution in [-0.4, -0.2) is 66.1 Å². The van der Waals surface area contributed by atoms with Gasteiger partial charge in [-0.05, 0) is 24.3 Å². The minimum atomic E-state index is -0.232. The third-order valence-corrected chi connectivity index (χ3v) is 4.60. The van der Waals surface area contributed by atoms with Crippen LogP contribution >= 0.6 is 0 Å². The molecule has 2 aromatic heterocycles. The van der Waals surface area contributed by atoms with Crippen molar-refractivity contribution in [2.45, 2.75) is 0 Å². The van der Waals surface area contributed by atoms with Gasteiger partial charge in [0.15, 0.2) is 5.82 Å². The fraction of sp³-hybridized carbons (Fsp3) is 0.300. The molecule has 0 aliphatic carbocycles. The third kappa shape index (κ3) is 4.19. The quantitative estimate of drug-likeness (QED) is 0.707. The van der Waals surface area contributed by atoms with Gasteiger partial charge in [0, 0.05) is 45.1 Å². The first-order valence-electron chi connectivity index (χ1n) is 9.40. The second-order valence-corrected chi connectivity index (χ2v) is 6.86. The zero-order chi connectivity index (χ0) is 20.2. The summed E-state index contributed by atoms with van der Waals surface area (Å²) in [6.07, 6.45) is 5.19. The number of rotatable bonds is 5. The maximum Gasteiger partial charge on any atom is 0.255 e. The number of amides is 1. The smallest absolute Gasteiger partial charge is 0.255 e. The van der Waals surface area contributed by atoms with Gasteiger partial charge >= 0.3 is 0 Å². The molecule has 1 aliphatic heterocycles. The highest BCUT2D eigenvalue weighted by molar-refractivity contribution is 6.05. The average molecular weight is 393 g/mol. The van der Waals surface area contributed by atoms with Crippen LogP contribution < -0.4 is 15.1 Å². The Kier molecular flexibility index (Phi) is 5.39. The Morgan fingerprint density at radius 3 is 2.76 bits per heavy atom. The molecular formula is C20H23N7O2. The van der Waals surface area contributed by atoms with Crippen LogP contribution in [0.5, 0.6) is 0 Å². The van der Waals surface area contributed by atoms with E-state index in [4.69, 9.17) is 4.74 Å². The highest BCUT2D eigenvalue weighted by atomic mass is 16.5. The molecule has 1 amide bonds. The zero-order valence-corrected chi connectivity index (χ0v) is 16.4. The standard InChI is InChI=1S/C20H23N7O2/c1-25(2)18-17(14-21-20(24-18)26-9-11-29-12-10-26)23-19(28)15-5-3-6-16(13-15)27-8-4-7-22-27/h3-8,13-14H,9-12H2,1-2H3,(H,23,28). The summed E-state index contributed by atoms with van der Waals surface area (Å²) in [7, 11) is 3.78. The van der Waals surface area contributed by atoms with Crippen molar-refractivity contribution < 1.29 is 9.53 Å². The van der Waals surface area contributed by atoms with Gasteiger partial charge in [0.2, 0.25) is 5.95 Å². The molecule has 0 atom stereocenters.